The van der Waals surface area contributed by atoms with Crippen molar-refractivity contribution in [3.05, 3.63) is 107 Å². The summed E-state index contributed by atoms with van der Waals surface area (Å²) in [5.74, 6) is -0.252. The number of benzene rings is 3. The van der Waals surface area contributed by atoms with E-state index in [1.165, 1.54) is 23.3 Å². The van der Waals surface area contributed by atoms with Gasteiger partial charge in [-0.15, -0.1) is 0 Å². The topological polar surface area (TPSA) is 23.5 Å². The van der Waals surface area contributed by atoms with Gasteiger partial charge in [0, 0.05) is 13.1 Å². The standard InChI is InChI=1S/C24H24FNO/c25-22-13-11-21(12-14-22)23(24(27)15-16-24)26(17-19-7-3-1-4-8-19)18-20-9-5-2-6-10-20/h1-14,23,27H,15-18H2/t23-/m1/s1. The molecule has 0 spiro atoms. The van der Waals surface area contributed by atoms with Crippen LogP contribution in [-0.2, 0) is 13.1 Å². The van der Waals surface area contributed by atoms with Gasteiger partial charge in [-0.25, -0.2) is 4.39 Å². The fourth-order valence-corrected chi connectivity index (χ4v) is 3.78. The predicted molar refractivity (Wildman–Crippen MR) is 105 cm³/mol. The van der Waals surface area contributed by atoms with Crippen LogP contribution in [0.15, 0.2) is 84.9 Å². The highest BCUT2D eigenvalue weighted by molar-refractivity contribution is 5.28. The second kappa shape index (κ2) is 7.63. The average molecular weight is 361 g/mol. The largest absolute Gasteiger partial charge is 0.388 e. The van der Waals surface area contributed by atoms with Gasteiger partial charge in [0.05, 0.1) is 11.6 Å². The van der Waals surface area contributed by atoms with Crippen LogP contribution in [0.4, 0.5) is 4.39 Å². The summed E-state index contributed by atoms with van der Waals surface area (Å²) in [4.78, 5) is 2.31. The first-order valence-corrected chi connectivity index (χ1v) is 9.44. The molecule has 3 heteroatoms. The van der Waals surface area contributed by atoms with Crippen molar-refractivity contribution in [2.45, 2.75) is 37.6 Å². The highest BCUT2D eigenvalue weighted by Gasteiger charge is 2.50. The summed E-state index contributed by atoms with van der Waals surface area (Å²) >= 11 is 0. The quantitative estimate of drug-likeness (QED) is 0.633. The summed E-state index contributed by atoms with van der Waals surface area (Å²) < 4.78 is 13.5. The van der Waals surface area contributed by atoms with Crippen LogP contribution < -0.4 is 0 Å². The number of nitrogens with zero attached hydrogens (tertiary/aromatic N) is 1. The third-order valence-electron chi connectivity index (χ3n) is 5.28. The number of hydrogen-bond donors (Lipinski definition) is 1. The lowest BCUT2D eigenvalue weighted by atomic mass is 9.96. The van der Waals surface area contributed by atoms with E-state index < -0.39 is 5.60 Å². The number of aliphatic hydroxyl groups is 1. The number of rotatable bonds is 7. The Labute approximate surface area is 159 Å². The molecule has 3 aromatic carbocycles. The first kappa shape index (κ1) is 17.9. The van der Waals surface area contributed by atoms with E-state index in [1.807, 2.05) is 36.4 Å². The van der Waals surface area contributed by atoms with E-state index in [2.05, 4.69) is 29.2 Å². The van der Waals surface area contributed by atoms with Gasteiger partial charge >= 0.3 is 0 Å². The summed E-state index contributed by atoms with van der Waals surface area (Å²) in [6.45, 7) is 1.44. The fraction of sp³-hybridized carbons (Fsp3) is 0.250. The third kappa shape index (κ3) is 4.26. The lowest BCUT2D eigenvalue weighted by molar-refractivity contribution is 0.0189. The molecule has 1 saturated carbocycles. The van der Waals surface area contributed by atoms with E-state index >= 15 is 0 Å². The van der Waals surface area contributed by atoms with Crippen LogP contribution in [0.3, 0.4) is 0 Å². The van der Waals surface area contributed by atoms with Crippen LogP contribution in [0, 0.1) is 5.82 Å². The van der Waals surface area contributed by atoms with Crippen molar-refractivity contribution in [3.63, 3.8) is 0 Å². The van der Waals surface area contributed by atoms with Gasteiger partial charge in [-0.2, -0.15) is 0 Å². The van der Waals surface area contributed by atoms with E-state index in [1.54, 1.807) is 12.1 Å². The molecule has 0 radical (unpaired) electrons. The molecule has 0 heterocycles. The lowest BCUT2D eigenvalue weighted by Gasteiger charge is -2.36. The minimum Gasteiger partial charge on any atom is -0.388 e. The van der Waals surface area contributed by atoms with Gasteiger partial charge in [-0.05, 0) is 41.7 Å². The van der Waals surface area contributed by atoms with E-state index in [9.17, 15) is 9.50 Å². The molecule has 0 aromatic heterocycles. The molecular weight excluding hydrogens is 337 g/mol. The summed E-state index contributed by atoms with van der Waals surface area (Å²) in [7, 11) is 0. The normalized spacial score (nSPS) is 16.3. The van der Waals surface area contributed by atoms with E-state index in [0.717, 1.165) is 31.5 Å². The van der Waals surface area contributed by atoms with Crippen LogP contribution in [0.5, 0.6) is 0 Å². The van der Waals surface area contributed by atoms with Gasteiger partial charge in [-0.3, -0.25) is 4.90 Å². The van der Waals surface area contributed by atoms with Crippen LogP contribution in [0.1, 0.15) is 35.6 Å². The van der Waals surface area contributed by atoms with Gasteiger partial charge in [0.2, 0.25) is 0 Å². The molecule has 0 unspecified atom stereocenters. The van der Waals surface area contributed by atoms with Gasteiger partial charge < -0.3 is 5.11 Å². The molecule has 1 N–H and O–H groups in total. The van der Waals surface area contributed by atoms with Gasteiger partial charge in [0.1, 0.15) is 5.82 Å². The third-order valence-corrected chi connectivity index (χ3v) is 5.28. The zero-order valence-corrected chi connectivity index (χ0v) is 15.3. The molecule has 1 aliphatic rings. The lowest BCUT2D eigenvalue weighted by Crippen LogP contribution is -2.37. The number of halogens is 1. The van der Waals surface area contributed by atoms with E-state index in [-0.39, 0.29) is 11.9 Å². The Morgan fingerprint density at radius 1 is 0.778 bits per heavy atom. The minimum absolute atomic E-state index is 0.168. The minimum atomic E-state index is -0.749. The maximum atomic E-state index is 13.5. The SMILES string of the molecule is OC1([C@@H](c2ccc(F)cc2)N(Cc2ccccc2)Cc2ccccc2)CC1. The summed E-state index contributed by atoms with van der Waals surface area (Å²) in [6, 6.07) is 27.0. The molecule has 1 fully saturated rings. The Balaban J connectivity index is 1.70. The van der Waals surface area contributed by atoms with Crippen molar-refractivity contribution in [1.29, 1.82) is 0 Å². The van der Waals surface area contributed by atoms with E-state index in [4.69, 9.17) is 0 Å². The van der Waals surface area contributed by atoms with Gasteiger partial charge in [0.15, 0.2) is 0 Å². The van der Waals surface area contributed by atoms with Gasteiger partial charge in [-0.1, -0.05) is 72.8 Å². The first-order valence-electron chi connectivity index (χ1n) is 9.44. The Morgan fingerprint density at radius 3 is 1.70 bits per heavy atom. The molecule has 27 heavy (non-hydrogen) atoms. The summed E-state index contributed by atoms with van der Waals surface area (Å²) in [5.41, 5.74) is 2.61. The van der Waals surface area contributed by atoms with Crippen molar-refractivity contribution >= 4 is 0 Å². The molecular formula is C24H24FNO. The smallest absolute Gasteiger partial charge is 0.123 e. The van der Waals surface area contributed by atoms with Crippen molar-refractivity contribution in [2.24, 2.45) is 0 Å². The second-order valence-electron chi connectivity index (χ2n) is 7.43. The second-order valence-corrected chi connectivity index (χ2v) is 7.43. The molecule has 3 aromatic rings. The highest BCUT2D eigenvalue weighted by Crippen LogP contribution is 2.49. The summed E-state index contributed by atoms with van der Waals surface area (Å²) in [5, 5.41) is 11.1. The molecule has 0 amide bonds. The molecule has 2 nitrogen and oxygen atoms in total. The van der Waals surface area contributed by atoms with Crippen LogP contribution in [-0.4, -0.2) is 15.6 Å². The van der Waals surface area contributed by atoms with Crippen molar-refractivity contribution in [3.8, 4) is 0 Å². The van der Waals surface area contributed by atoms with Gasteiger partial charge in [0.25, 0.3) is 0 Å². The molecule has 138 valence electrons. The first-order chi connectivity index (χ1) is 13.1. The molecule has 4 rings (SSSR count). The maximum Gasteiger partial charge on any atom is 0.123 e. The van der Waals surface area contributed by atoms with Crippen LogP contribution in [0.25, 0.3) is 0 Å². The molecule has 0 bridgehead atoms. The molecule has 0 aliphatic heterocycles. The fourth-order valence-electron chi connectivity index (χ4n) is 3.78. The van der Waals surface area contributed by atoms with Crippen molar-refractivity contribution in [2.75, 3.05) is 0 Å². The summed E-state index contributed by atoms with van der Waals surface area (Å²) in [6.07, 6.45) is 1.55. The number of hydrogen-bond acceptors (Lipinski definition) is 2. The van der Waals surface area contributed by atoms with Crippen LogP contribution in [0.2, 0.25) is 0 Å². The van der Waals surface area contributed by atoms with Crippen molar-refractivity contribution in [1.82, 2.24) is 4.90 Å². The predicted octanol–water partition coefficient (Wildman–Crippen LogP) is 5.09. The van der Waals surface area contributed by atoms with Crippen molar-refractivity contribution < 1.29 is 9.50 Å². The Hall–Kier alpha value is -2.49. The molecule has 0 saturated heterocycles. The molecule has 1 atom stereocenters. The Morgan fingerprint density at radius 2 is 1.26 bits per heavy atom. The van der Waals surface area contributed by atoms with Crippen LogP contribution >= 0.6 is 0 Å². The zero-order valence-electron chi connectivity index (χ0n) is 15.3. The zero-order chi connectivity index (χ0) is 18.7. The maximum absolute atomic E-state index is 13.5. The highest BCUT2D eigenvalue weighted by atomic mass is 19.1. The van der Waals surface area contributed by atoms with E-state index in [0.29, 0.717) is 0 Å². The Kier molecular flexibility index (Phi) is 5.06. The average Bonchev–Trinajstić information content (AvgIpc) is 3.43. The Bertz CT molecular complexity index is 818. The molecule has 1 aliphatic carbocycles. The monoisotopic (exact) mass is 361 g/mol.